The summed E-state index contributed by atoms with van der Waals surface area (Å²) in [6, 6.07) is 0. The number of carbonyl (C=O) groups is 1. The van der Waals surface area contributed by atoms with Crippen molar-refractivity contribution < 1.29 is 4.79 Å². The van der Waals surface area contributed by atoms with E-state index in [9.17, 15) is 4.79 Å². The Morgan fingerprint density at radius 1 is 1.64 bits per heavy atom. The van der Waals surface area contributed by atoms with Crippen molar-refractivity contribution in [1.82, 2.24) is 15.1 Å². The van der Waals surface area contributed by atoms with Crippen molar-refractivity contribution in [2.24, 2.45) is 0 Å². The molecule has 1 heterocycles. The quantitative estimate of drug-likeness (QED) is 0.741. The molecule has 1 aromatic rings. The number of nitrogens with zero attached hydrogens (tertiary/aromatic N) is 2. The predicted molar refractivity (Wildman–Crippen MR) is 54.9 cm³/mol. The van der Waals surface area contributed by atoms with Crippen molar-refractivity contribution in [1.29, 1.82) is 0 Å². The standard InChI is InChI=1S/C9H16N4O/c1-3-5-13-8(7(10)6-12-13)9(14)11-4-2/h6H,3-5,10H2,1-2H3,(H,11,14). The number of anilines is 1. The summed E-state index contributed by atoms with van der Waals surface area (Å²) in [4.78, 5) is 11.6. The normalized spacial score (nSPS) is 10.1. The molecule has 0 unspecified atom stereocenters. The van der Waals surface area contributed by atoms with Crippen LogP contribution in [0.4, 0.5) is 5.69 Å². The van der Waals surface area contributed by atoms with Crippen LogP contribution in [0.15, 0.2) is 6.20 Å². The van der Waals surface area contributed by atoms with Crippen LogP contribution in [-0.2, 0) is 6.54 Å². The van der Waals surface area contributed by atoms with E-state index in [1.165, 1.54) is 6.20 Å². The molecule has 0 atom stereocenters. The van der Waals surface area contributed by atoms with E-state index in [1.807, 2.05) is 13.8 Å². The van der Waals surface area contributed by atoms with Crippen molar-refractivity contribution >= 4 is 11.6 Å². The molecule has 1 aromatic heterocycles. The van der Waals surface area contributed by atoms with Gasteiger partial charge in [0.15, 0.2) is 0 Å². The Morgan fingerprint density at radius 3 is 2.93 bits per heavy atom. The molecule has 0 fully saturated rings. The second-order valence-electron chi connectivity index (χ2n) is 3.03. The van der Waals surface area contributed by atoms with Crippen LogP contribution < -0.4 is 11.1 Å². The first kappa shape index (κ1) is 10.6. The first-order valence-corrected chi connectivity index (χ1v) is 4.80. The number of nitrogens with one attached hydrogen (secondary N) is 1. The molecule has 0 aromatic carbocycles. The number of hydrogen-bond acceptors (Lipinski definition) is 3. The Labute approximate surface area is 83.3 Å². The number of hydrogen-bond donors (Lipinski definition) is 2. The molecule has 1 rings (SSSR count). The first-order valence-electron chi connectivity index (χ1n) is 4.80. The zero-order valence-corrected chi connectivity index (χ0v) is 8.58. The highest BCUT2D eigenvalue weighted by Gasteiger charge is 2.14. The fourth-order valence-corrected chi connectivity index (χ4v) is 1.27. The van der Waals surface area contributed by atoms with E-state index in [0.29, 0.717) is 24.5 Å². The lowest BCUT2D eigenvalue weighted by Crippen LogP contribution is -2.26. The SMILES string of the molecule is CCCn1ncc(N)c1C(=O)NCC. The summed E-state index contributed by atoms with van der Waals surface area (Å²) in [5, 5.41) is 6.75. The first-order chi connectivity index (χ1) is 6.70. The topological polar surface area (TPSA) is 72.9 Å². The molecule has 1 amide bonds. The van der Waals surface area contributed by atoms with Crippen molar-refractivity contribution in [2.75, 3.05) is 12.3 Å². The van der Waals surface area contributed by atoms with Crippen molar-refractivity contribution in [3.8, 4) is 0 Å². The molecule has 0 aliphatic carbocycles. The van der Waals surface area contributed by atoms with E-state index in [4.69, 9.17) is 5.73 Å². The summed E-state index contributed by atoms with van der Waals surface area (Å²) in [7, 11) is 0. The molecule has 0 saturated heterocycles. The Balaban J connectivity index is 2.92. The maximum atomic E-state index is 11.6. The van der Waals surface area contributed by atoms with Gasteiger partial charge in [0, 0.05) is 13.1 Å². The summed E-state index contributed by atoms with van der Waals surface area (Å²) in [5.74, 6) is -0.157. The third-order valence-electron chi connectivity index (χ3n) is 1.86. The molecule has 0 aliphatic heterocycles. The summed E-state index contributed by atoms with van der Waals surface area (Å²) in [6.07, 6.45) is 2.44. The van der Waals surface area contributed by atoms with Gasteiger partial charge in [-0.05, 0) is 13.3 Å². The highest BCUT2D eigenvalue weighted by molar-refractivity contribution is 5.97. The molecule has 14 heavy (non-hydrogen) atoms. The minimum absolute atomic E-state index is 0.157. The van der Waals surface area contributed by atoms with Crippen LogP contribution in [0.5, 0.6) is 0 Å². The summed E-state index contributed by atoms with van der Waals surface area (Å²) >= 11 is 0. The maximum Gasteiger partial charge on any atom is 0.271 e. The highest BCUT2D eigenvalue weighted by Crippen LogP contribution is 2.10. The summed E-state index contributed by atoms with van der Waals surface area (Å²) in [5.41, 5.74) is 6.56. The summed E-state index contributed by atoms with van der Waals surface area (Å²) in [6.45, 7) is 5.20. The lowest BCUT2D eigenvalue weighted by Gasteiger charge is -2.06. The Morgan fingerprint density at radius 2 is 2.36 bits per heavy atom. The number of nitrogens with two attached hydrogens (primary N) is 1. The fourth-order valence-electron chi connectivity index (χ4n) is 1.27. The fraction of sp³-hybridized carbons (Fsp3) is 0.556. The van der Waals surface area contributed by atoms with Crippen LogP contribution in [0.3, 0.4) is 0 Å². The van der Waals surface area contributed by atoms with Crippen LogP contribution >= 0.6 is 0 Å². The maximum absolute atomic E-state index is 11.6. The molecule has 78 valence electrons. The molecule has 0 bridgehead atoms. The smallest absolute Gasteiger partial charge is 0.271 e. The minimum atomic E-state index is -0.157. The molecule has 0 saturated carbocycles. The van der Waals surface area contributed by atoms with Gasteiger partial charge in [-0.2, -0.15) is 5.10 Å². The Bertz CT molecular complexity index is 319. The number of aromatic nitrogens is 2. The van der Waals surface area contributed by atoms with Crippen molar-refractivity contribution in [2.45, 2.75) is 26.8 Å². The van der Waals surface area contributed by atoms with E-state index in [-0.39, 0.29) is 5.91 Å². The Hall–Kier alpha value is -1.52. The molecule has 0 spiro atoms. The van der Waals surface area contributed by atoms with Crippen LogP contribution in [-0.4, -0.2) is 22.2 Å². The number of aryl methyl sites for hydroxylation is 1. The van der Waals surface area contributed by atoms with Crippen molar-refractivity contribution in [3.05, 3.63) is 11.9 Å². The van der Waals surface area contributed by atoms with Gasteiger partial charge >= 0.3 is 0 Å². The largest absolute Gasteiger partial charge is 0.396 e. The molecule has 5 nitrogen and oxygen atoms in total. The zero-order valence-electron chi connectivity index (χ0n) is 8.58. The average molecular weight is 196 g/mol. The van der Waals surface area contributed by atoms with E-state index >= 15 is 0 Å². The molecule has 3 N–H and O–H groups in total. The monoisotopic (exact) mass is 196 g/mol. The van der Waals surface area contributed by atoms with Gasteiger partial charge in [-0.3, -0.25) is 9.48 Å². The van der Waals surface area contributed by atoms with Crippen LogP contribution in [0.1, 0.15) is 30.8 Å². The number of rotatable bonds is 4. The van der Waals surface area contributed by atoms with Gasteiger partial charge in [-0.15, -0.1) is 0 Å². The molecular formula is C9H16N4O. The average Bonchev–Trinajstić information content (AvgIpc) is 2.48. The lowest BCUT2D eigenvalue weighted by molar-refractivity contribution is 0.0946. The number of nitrogen functional groups attached to an aromatic ring is 1. The predicted octanol–water partition coefficient (Wildman–Crippen LogP) is 0.625. The highest BCUT2D eigenvalue weighted by atomic mass is 16.2. The van der Waals surface area contributed by atoms with Crippen molar-refractivity contribution in [3.63, 3.8) is 0 Å². The van der Waals surface area contributed by atoms with Gasteiger partial charge in [-0.25, -0.2) is 0 Å². The van der Waals surface area contributed by atoms with E-state index in [1.54, 1.807) is 4.68 Å². The molecule has 0 aliphatic rings. The van der Waals surface area contributed by atoms with E-state index in [2.05, 4.69) is 10.4 Å². The molecule has 5 heteroatoms. The van der Waals surface area contributed by atoms with Gasteiger partial charge in [0.2, 0.25) is 0 Å². The zero-order chi connectivity index (χ0) is 10.6. The van der Waals surface area contributed by atoms with Gasteiger partial charge in [0.25, 0.3) is 5.91 Å². The molecular weight excluding hydrogens is 180 g/mol. The number of carbonyl (C=O) groups excluding carboxylic acids is 1. The third kappa shape index (κ3) is 2.04. The van der Waals surface area contributed by atoms with Crippen LogP contribution in [0.25, 0.3) is 0 Å². The Kier molecular flexibility index (Phi) is 3.50. The van der Waals surface area contributed by atoms with Gasteiger partial charge in [0.1, 0.15) is 5.69 Å². The second kappa shape index (κ2) is 4.64. The van der Waals surface area contributed by atoms with Gasteiger partial charge < -0.3 is 11.1 Å². The molecule has 0 radical (unpaired) electrons. The third-order valence-corrected chi connectivity index (χ3v) is 1.86. The van der Waals surface area contributed by atoms with E-state index in [0.717, 1.165) is 6.42 Å². The van der Waals surface area contributed by atoms with Crippen LogP contribution in [0, 0.1) is 0 Å². The van der Waals surface area contributed by atoms with Crippen LogP contribution in [0.2, 0.25) is 0 Å². The lowest BCUT2D eigenvalue weighted by atomic mass is 10.3. The second-order valence-corrected chi connectivity index (χ2v) is 3.03. The van der Waals surface area contributed by atoms with Gasteiger partial charge in [-0.1, -0.05) is 6.92 Å². The van der Waals surface area contributed by atoms with E-state index < -0.39 is 0 Å². The minimum Gasteiger partial charge on any atom is -0.396 e. The summed E-state index contributed by atoms with van der Waals surface area (Å²) < 4.78 is 1.64. The van der Waals surface area contributed by atoms with Gasteiger partial charge in [0.05, 0.1) is 11.9 Å². The number of amides is 1.